The van der Waals surface area contributed by atoms with Gasteiger partial charge in [0.05, 0.1) is 18.5 Å². The molecule has 0 saturated heterocycles. The first-order chi connectivity index (χ1) is 6.20. The fraction of sp³-hybridized carbons (Fsp3) is 0.286. The highest BCUT2D eigenvalue weighted by Crippen LogP contribution is 1.79. The predicted molar refractivity (Wildman–Crippen MR) is 42.1 cm³/mol. The molecular weight excluding hydrogens is 172 g/mol. The molecular formula is C7H6N4O2. The van der Waals surface area contributed by atoms with Crippen molar-refractivity contribution in [1.82, 2.24) is 5.32 Å². The third-order valence-electron chi connectivity index (χ3n) is 0.904. The van der Waals surface area contributed by atoms with E-state index in [1.165, 1.54) is 0 Å². The molecule has 0 aromatic heterocycles. The summed E-state index contributed by atoms with van der Waals surface area (Å²) in [6.45, 7) is 0. The van der Waals surface area contributed by atoms with Gasteiger partial charge in [0, 0.05) is 0 Å². The van der Waals surface area contributed by atoms with Crippen LogP contribution in [0.4, 0.5) is 0 Å². The van der Waals surface area contributed by atoms with Gasteiger partial charge < -0.3 is 5.32 Å². The van der Waals surface area contributed by atoms with Crippen molar-refractivity contribution in [3.63, 3.8) is 0 Å². The van der Waals surface area contributed by atoms with E-state index in [0.717, 1.165) is 6.34 Å². The van der Waals surface area contributed by atoms with Crippen molar-refractivity contribution in [3.8, 4) is 12.1 Å². The summed E-state index contributed by atoms with van der Waals surface area (Å²) in [5.74, 6) is -1.18. The number of nitriles is 2. The number of nitrogens with one attached hydrogen (secondary N) is 1. The number of carbonyl (C=O) groups is 2. The average molecular weight is 178 g/mol. The third kappa shape index (κ3) is 6.20. The van der Waals surface area contributed by atoms with Crippen molar-refractivity contribution >= 4 is 18.2 Å². The minimum atomic E-state index is -0.639. The van der Waals surface area contributed by atoms with Gasteiger partial charge in [-0.2, -0.15) is 10.5 Å². The summed E-state index contributed by atoms with van der Waals surface area (Å²) in [6.07, 6.45) is 0.252. The van der Waals surface area contributed by atoms with Crippen LogP contribution < -0.4 is 5.32 Å². The van der Waals surface area contributed by atoms with Gasteiger partial charge in [0.1, 0.15) is 12.8 Å². The number of nitrogens with zero attached hydrogens (tertiary/aromatic N) is 3. The van der Waals surface area contributed by atoms with E-state index in [4.69, 9.17) is 10.5 Å². The minimum Gasteiger partial charge on any atom is -0.316 e. The van der Waals surface area contributed by atoms with Crippen LogP contribution in [0, 0.1) is 22.7 Å². The molecule has 0 unspecified atom stereocenters. The van der Waals surface area contributed by atoms with E-state index >= 15 is 0 Å². The van der Waals surface area contributed by atoms with E-state index in [1.807, 2.05) is 0 Å². The second-order valence-electron chi connectivity index (χ2n) is 1.89. The van der Waals surface area contributed by atoms with E-state index in [9.17, 15) is 9.59 Å². The Hall–Kier alpha value is -2.21. The molecule has 13 heavy (non-hydrogen) atoms. The number of hydrogen-bond donors (Lipinski definition) is 1. The van der Waals surface area contributed by atoms with Crippen molar-refractivity contribution in [2.45, 2.75) is 12.8 Å². The Labute approximate surface area is 74.5 Å². The molecule has 0 bridgehead atoms. The van der Waals surface area contributed by atoms with Gasteiger partial charge >= 0.3 is 0 Å². The molecule has 2 amide bonds. The van der Waals surface area contributed by atoms with Crippen molar-refractivity contribution in [2.75, 3.05) is 0 Å². The average Bonchev–Trinajstić information content (AvgIpc) is 2.05. The fourth-order valence-electron chi connectivity index (χ4n) is 0.412. The quantitative estimate of drug-likeness (QED) is 0.463. The van der Waals surface area contributed by atoms with Gasteiger partial charge in [0.25, 0.3) is 5.91 Å². The molecule has 0 aliphatic carbocycles. The van der Waals surface area contributed by atoms with Crippen LogP contribution >= 0.6 is 0 Å². The molecule has 0 aromatic carbocycles. The van der Waals surface area contributed by atoms with Gasteiger partial charge in [-0.15, -0.1) is 0 Å². The summed E-state index contributed by atoms with van der Waals surface area (Å²) in [7, 11) is 0. The number of aliphatic imine (C=N–C) groups is 1. The highest BCUT2D eigenvalue weighted by Gasteiger charge is 1.97. The van der Waals surface area contributed by atoms with E-state index in [2.05, 4.69) is 10.3 Å². The summed E-state index contributed by atoms with van der Waals surface area (Å²) in [4.78, 5) is 24.3. The smallest absolute Gasteiger partial charge is 0.261 e. The Morgan fingerprint density at radius 3 is 2.46 bits per heavy atom. The summed E-state index contributed by atoms with van der Waals surface area (Å²) >= 11 is 0. The van der Waals surface area contributed by atoms with Crippen LogP contribution in [0.3, 0.4) is 0 Å². The first kappa shape index (κ1) is 10.8. The Morgan fingerprint density at radius 2 is 1.92 bits per heavy atom. The topological polar surface area (TPSA) is 106 Å². The molecule has 0 aliphatic rings. The molecule has 0 saturated carbocycles. The molecule has 0 fully saturated rings. The van der Waals surface area contributed by atoms with E-state index in [0.29, 0.717) is 0 Å². The van der Waals surface area contributed by atoms with Crippen LogP contribution in [0.15, 0.2) is 4.99 Å². The minimum absolute atomic E-state index is 0.293. The summed E-state index contributed by atoms with van der Waals surface area (Å²) in [6, 6.07) is 3.22. The van der Waals surface area contributed by atoms with Crippen molar-refractivity contribution in [1.29, 1.82) is 10.5 Å². The van der Waals surface area contributed by atoms with Gasteiger partial charge in [-0.1, -0.05) is 0 Å². The van der Waals surface area contributed by atoms with Crippen LogP contribution in [0.25, 0.3) is 0 Å². The molecule has 6 nitrogen and oxygen atoms in total. The van der Waals surface area contributed by atoms with Gasteiger partial charge in [-0.25, -0.2) is 4.99 Å². The van der Waals surface area contributed by atoms with Crippen LogP contribution in [0.1, 0.15) is 12.8 Å². The molecule has 0 spiro atoms. The Bertz CT molecular complexity index is 307. The molecule has 0 radical (unpaired) electrons. The van der Waals surface area contributed by atoms with Crippen molar-refractivity contribution in [3.05, 3.63) is 0 Å². The maximum Gasteiger partial charge on any atom is 0.261 e. The maximum absolute atomic E-state index is 10.6. The molecule has 0 atom stereocenters. The highest BCUT2D eigenvalue weighted by molar-refractivity contribution is 5.93. The summed E-state index contributed by atoms with van der Waals surface area (Å²) < 4.78 is 0. The van der Waals surface area contributed by atoms with E-state index in [1.54, 1.807) is 12.1 Å². The van der Waals surface area contributed by atoms with Crippen LogP contribution in [-0.2, 0) is 9.59 Å². The first-order valence-corrected chi connectivity index (χ1v) is 3.29. The second kappa shape index (κ2) is 6.50. The van der Waals surface area contributed by atoms with Crippen LogP contribution in [0.2, 0.25) is 0 Å². The van der Waals surface area contributed by atoms with Crippen molar-refractivity contribution < 1.29 is 9.59 Å². The molecule has 0 aliphatic heterocycles. The number of rotatable bonds is 3. The van der Waals surface area contributed by atoms with Crippen molar-refractivity contribution in [2.24, 2.45) is 4.99 Å². The van der Waals surface area contributed by atoms with E-state index < -0.39 is 11.8 Å². The SMILES string of the molecule is N#CCC(=O)N=CNC(=O)CC#N. The predicted octanol–water partition coefficient (Wildman–Crippen LogP) is -0.515. The maximum atomic E-state index is 10.6. The zero-order valence-electron chi connectivity index (χ0n) is 6.65. The van der Waals surface area contributed by atoms with Gasteiger partial charge in [-0.3, -0.25) is 9.59 Å². The Kier molecular flexibility index (Phi) is 5.39. The number of carbonyl (C=O) groups excluding carboxylic acids is 2. The second-order valence-corrected chi connectivity index (χ2v) is 1.89. The lowest BCUT2D eigenvalue weighted by atomic mass is 10.4. The van der Waals surface area contributed by atoms with Gasteiger partial charge in [0.2, 0.25) is 5.91 Å². The Morgan fingerprint density at radius 1 is 1.31 bits per heavy atom. The largest absolute Gasteiger partial charge is 0.316 e. The summed E-state index contributed by atoms with van der Waals surface area (Å²) in [5, 5.41) is 18.2. The standard InChI is InChI=1S/C7H6N4O2/c8-3-1-6(12)10-5-11-7(13)2-4-9/h5H,1-2H2,(H,10,11,12,13). The normalized spacial score (nSPS) is 8.77. The van der Waals surface area contributed by atoms with E-state index in [-0.39, 0.29) is 12.8 Å². The lowest BCUT2D eigenvalue weighted by Gasteiger charge is -1.90. The number of amides is 2. The zero-order valence-corrected chi connectivity index (χ0v) is 6.65. The third-order valence-corrected chi connectivity index (χ3v) is 0.904. The number of hydrogen-bond acceptors (Lipinski definition) is 4. The summed E-state index contributed by atoms with van der Waals surface area (Å²) in [5.41, 5.74) is 0. The molecule has 1 N–H and O–H groups in total. The molecule has 0 rings (SSSR count). The molecule has 0 aromatic rings. The Balaban J connectivity index is 3.77. The monoisotopic (exact) mass is 178 g/mol. The first-order valence-electron chi connectivity index (χ1n) is 3.29. The fourth-order valence-corrected chi connectivity index (χ4v) is 0.412. The zero-order chi connectivity index (χ0) is 10.1. The molecule has 66 valence electrons. The highest BCUT2D eigenvalue weighted by atomic mass is 16.2. The van der Waals surface area contributed by atoms with Gasteiger partial charge in [-0.05, 0) is 0 Å². The van der Waals surface area contributed by atoms with Gasteiger partial charge in [0.15, 0.2) is 0 Å². The molecule has 6 heteroatoms. The van der Waals surface area contributed by atoms with Crippen LogP contribution in [0.5, 0.6) is 0 Å². The lowest BCUT2D eigenvalue weighted by Crippen LogP contribution is -2.21. The van der Waals surface area contributed by atoms with Crippen LogP contribution in [-0.4, -0.2) is 18.2 Å². The lowest BCUT2D eigenvalue weighted by molar-refractivity contribution is -0.118. The molecule has 0 heterocycles.